The molecule has 206 valence electrons. The number of nitrogens with two attached hydrogens (primary N) is 1. The summed E-state index contributed by atoms with van der Waals surface area (Å²) in [6.45, 7) is 3.09. The summed E-state index contributed by atoms with van der Waals surface area (Å²) in [4.78, 5) is 50.7. The summed E-state index contributed by atoms with van der Waals surface area (Å²) in [5.74, 6) is -3.33. The SMILES string of the molecule is CC(C)CC(NC(=O)C(N)CO)C(=O)NC(Cc1ccc(O)cc1)C(=O)NC(Cc1ccccc1)C(=O)O. The van der Waals surface area contributed by atoms with Gasteiger partial charge in [-0.1, -0.05) is 56.3 Å². The van der Waals surface area contributed by atoms with Gasteiger partial charge in [-0.2, -0.15) is 0 Å². The van der Waals surface area contributed by atoms with E-state index >= 15 is 0 Å². The Balaban J connectivity index is 2.27. The van der Waals surface area contributed by atoms with Gasteiger partial charge in [0, 0.05) is 12.8 Å². The number of carbonyl (C=O) groups excluding carboxylic acids is 3. The van der Waals surface area contributed by atoms with E-state index in [0.29, 0.717) is 11.1 Å². The van der Waals surface area contributed by atoms with Crippen molar-refractivity contribution in [1.82, 2.24) is 16.0 Å². The van der Waals surface area contributed by atoms with E-state index in [-0.39, 0.29) is 30.9 Å². The largest absolute Gasteiger partial charge is 0.508 e. The van der Waals surface area contributed by atoms with E-state index in [1.54, 1.807) is 42.5 Å². The number of amides is 3. The molecule has 0 saturated heterocycles. The molecule has 2 rings (SSSR count). The van der Waals surface area contributed by atoms with Crippen molar-refractivity contribution in [3.05, 3.63) is 65.7 Å². The first-order valence-electron chi connectivity index (χ1n) is 12.3. The standard InChI is InChI=1S/C27H36N4O7/c1-16(2)12-21(29-24(34)20(28)15-32)25(35)30-22(13-18-8-10-19(33)11-9-18)26(36)31-23(27(37)38)14-17-6-4-3-5-7-17/h3-11,16,20-23,32-33H,12-15,28H2,1-2H3,(H,29,34)(H,30,35)(H,31,36)(H,37,38). The Labute approximate surface area is 221 Å². The van der Waals surface area contributed by atoms with Crippen LogP contribution in [0.15, 0.2) is 54.6 Å². The smallest absolute Gasteiger partial charge is 0.326 e. The number of carboxylic acid groups (broad SMARTS) is 1. The van der Waals surface area contributed by atoms with Crippen molar-refractivity contribution in [2.75, 3.05) is 6.61 Å². The average Bonchev–Trinajstić information content (AvgIpc) is 2.88. The Kier molecular flexibility index (Phi) is 11.7. The van der Waals surface area contributed by atoms with E-state index in [1.807, 2.05) is 13.8 Å². The van der Waals surface area contributed by atoms with Crippen LogP contribution in [0.25, 0.3) is 0 Å². The summed E-state index contributed by atoms with van der Waals surface area (Å²) in [6, 6.07) is 10.1. The van der Waals surface area contributed by atoms with Crippen molar-refractivity contribution in [2.45, 2.75) is 57.3 Å². The maximum Gasteiger partial charge on any atom is 0.326 e. The van der Waals surface area contributed by atoms with E-state index in [9.17, 15) is 29.4 Å². The van der Waals surface area contributed by atoms with E-state index in [0.717, 1.165) is 0 Å². The monoisotopic (exact) mass is 528 g/mol. The molecule has 2 aromatic rings. The van der Waals surface area contributed by atoms with Crippen LogP contribution in [-0.4, -0.2) is 69.8 Å². The molecular formula is C27H36N4O7. The molecule has 4 unspecified atom stereocenters. The highest BCUT2D eigenvalue weighted by Crippen LogP contribution is 2.13. The van der Waals surface area contributed by atoms with Crippen LogP contribution in [-0.2, 0) is 32.0 Å². The van der Waals surface area contributed by atoms with E-state index in [2.05, 4.69) is 16.0 Å². The molecule has 11 nitrogen and oxygen atoms in total. The van der Waals surface area contributed by atoms with Crippen molar-refractivity contribution in [1.29, 1.82) is 0 Å². The van der Waals surface area contributed by atoms with Crippen LogP contribution < -0.4 is 21.7 Å². The minimum Gasteiger partial charge on any atom is -0.508 e. The van der Waals surface area contributed by atoms with Gasteiger partial charge in [0.05, 0.1) is 6.61 Å². The molecule has 38 heavy (non-hydrogen) atoms. The molecule has 0 radical (unpaired) electrons. The van der Waals surface area contributed by atoms with Gasteiger partial charge in [0.2, 0.25) is 17.7 Å². The minimum absolute atomic E-state index is 0.00592. The van der Waals surface area contributed by atoms with Crippen LogP contribution in [0.2, 0.25) is 0 Å². The van der Waals surface area contributed by atoms with E-state index < -0.39 is 54.5 Å². The Morgan fingerprint density at radius 3 is 1.82 bits per heavy atom. The number of phenolic OH excluding ortho intramolecular Hbond substituents is 1. The van der Waals surface area contributed by atoms with Gasteiger partial charge in [-0.3, -0.25) is 14.4 Å². The van der Waals surface area contributed by atoms with Crippen LogP contribution >= 0.6 is 0 Å². The summed E-state index contributed by atoms with van der Waals surface area (Å²) in [7, 11) is 0. The Hall–Kier alpha value is -3.96. The third-order valence-corrected chi connectivity index (χ3v) is 5.78. The van der Waals surface area contributed by atoms with E-state index in [1.165, 1.54) is 12.1 Å². The number of rotatable bonds is 14. The summed E-state index contributed by atoms with van der Waals surface area (Å²) < 4.78 is 0. The van der Waals surface area contributed by atoms with Gasteiger partial charge in [-0.05, 0) is 35.6 Å². The molecule has 0 aliphatic carbocycles. The van der Waals surface area contributed by atoms with Gasteiger partial charge < -0.3 is 37.0 Å². The molecule has 8 N–H and O–H groups in total. The average molecular weight is 529 g/mol. The lowest BCUT2D eigenvalue weighted by Gasteiger charge is -2.26. The zero-order valence-electron chi connectivity index (χ0n) is 21.5. The summed E-state index contributed by atoms with van der Waals surface area (Å²) in [5, 5.41) is 36.1. The van der Waals surface area contributed by atoms with Crippen LogP contribution in [0.5, 0.6) is 5.75 Å². The normalized spacial score (nSPS) is 14.1. The predicted octanol–water partition coefficient (Wildman–Crippen LogP) is 0.0821. The topological polar surface area (TPSA) is 191 Å². The van der Waals surface area contributed by atoms with Crippen LogP contribution in [0.3, 0.4) is 0 Å². The molecule has 0 aromatic heterocycles. The maximum atomic E-state index is 13.3. The number of carboxylic acids is 1. The molecule has 11 heteroatoms. The summed E-state index contributed by atoms with van der Waals surface area (Å²) in [6.07, 6.45) is 0.260. The molecule has 0 bridgehead atoms. The van der Waals surface area contributed by atoms with Crippen LogP contribution in [0, 0.1) is 5.92 Å². The van der Waals surface area contributed by atoms with Gasteiger partial charge in [0.1, 0.15) is 29.9 Å². The van der Waals surface area contributed by atoms with Gasteiger partial charge in [0.15, 0.2) is 0 Å². The number of aliphatic hydroxyl groups excluding tert-OH is 1. The molecule has 0 heterocycles. The first-order valence-corrected chi connectivity index (χ1v) is 12.3. The lowest BCUT2D eigenvalue weighted by molar-refractivity contribution is -0.142. The van der Waals surface area contributed by atoms with Gasteiger partial charge in [0.25, 0.3) is 0 Å². The summed E-state index contributed by atoms with van der Waals surface area (Å²) >= 11 is 0. The molecule has 3 amide bonds. The Bertz CT molecular complexity index is 1080. The Morgan fingerprint density at radius 2 is 1.26 bits per heavy atom. The number of aliphatic carboxylic acids is 1. The molecule has 0 aliphatic heterocycles. The van der Waals surface area contributed by atoms with Crippen molar-refractivity contribution in [3.8, 4) is 5.75 Å². The van der Waals surface area contributed by atoms with Gasteiger partial charge in [-0.15, -0.1) is 0 Å². The van der Waals surface area contributed by atoms with Gasteiger partial charge >= 0.3 is 5.97 Å². The second kappa shape index (κ2) is 14.7. The number of aromatic hydroxyl groups is 1. The first-order chi connectivity index (χ1) is 18.0. The fourth-order valence-electron chi connectivity index (χ4n) is 3.74. The highest BCUT2D eigenvalue weighted by Gasteiger charge is 2.31. The summed E-state index contributed by atoms with van der Waals surface area (Å²) in [5.41, 5.74) is 6.88. The zero-order valence-corrected chi connectivity index (χ0v) is 21.5. The number of phenols is 1. The van der Waals surface area contributed by atoms with Crippen LogP contribution in [0.4, 0.5) is 0 Å². The quantitative estimate of drug-likeness (QED) is 0.179. The third kappa shape index (κ3) is 9.83. The molecule has 0 saturated carbocycles. The fourth-order valence-corrected chi connectivity index (χ4v) is 3.74. The lowest BCUT2D eigenvalue weighted by atomic mass is 10.00. The highest BCUT2D eigenvalue weighted by atomic mass is 16.4. The number of hydrogen-bond acceptors (Lipinski definition) is 7. The van der Waals surface area contributed by atoms with Crippen molar-refractivity contribution in [2.24, 2.45) is 11.7 Å². The lowest BCUT2D eigenvalue weighted by Crippen LogP contribution is -2.58. The number of nitrogens with one attached hydrogen (secondary N) is 3. The van der Waals surface area contributed by atoms with E-state index in [4.69, 9.17) is 10.8 Å². The van der Waals surface area contributed by atoms with Crippen molar-refractivity contribution >= 4 is 23.7 Å². The maximum absolute atomic E-state index is 13.3. The third-order valence-electron chi connectivity index (χ3n) is 5.78. The second-order valence-electron chi connectivity index (χ2n) is 9.50. The molecule has 0 aliphatic rings. The molecule has 0 spiro atoms. The highest BCUT2D eigenvalue weighted by molar-refractivity contribution is 5.94. The van der Waals surface area contributed by atoms with Gasteiger partial charge in [-0.25, -0.2) is 4.79 Å². The minimum atomic E-state index is -1.25. The molecule has 2 aromatic carbocycles. The molecule has 0 fully saturated rings. The first kappa shape index (κ1) is 30.3. The van der Waals surface area contributed by atoms with Crippen LogP contribution in [0.1, 0.15) is 31.4 Å². The molecule has 4 atom stereocenters. The zero-order chi connectivity index (χ0) is 28.2. The van der Waals surface area contributed by atoms with Crippen molar-refractivity contribution < 1.29 is 34.5 Å². The number of hydrogen-bond donors (Lipinski definition) is 7. The fraction of sp³-hybridized carbons (Fsp3) is 0.407. The number of aliphatic hydroxyl groups is 1. The number of carbonyl (C=O) groups is 4. The van der Waals surface area contributed by atoms with Crippen molar-refractivity contribution in [3.63, 3.8) is 0 Å². The predicted molar refractivity (Wildman–Crippen MR) is 140 cm³/mol. The second-order valence-corrected chi connectivity index (χ2v) is 9.50. The molecular weight excluding hydrogens is 492 g/mol. The number of benzene rings is 2. The Morgan fingerprint density at radius 1 is 0.763 bits per heavy atom.